The summed E-state index contributed by atoms with van der Waals surface area (Å²) in [6.07, 6.45) is 0. The second kappa shape index (κ2) is 7.26. The van der Waals surface area contributed by atoms with Gasteiger partial charge in [0.25, 0.3) is 5.69 Å². The van der Waals surface area contributed by atoms with Crippen LogP contribution in [0.15, 0.2) is 34.5 Å². The maximum absolute atomic E-state index is 11.3. The van der Waals surface area contributed by atoms with Crippen molar-refractivity contribution < 1.29 is 9.85 Å². The predicted octanol–water partition coefficient (Wildman–Crippen LogP) is 4.91. The third-order valence-corrected chi connectivity index (χ3v) is 3.93. The number of hydrogen-bond donors (Lipinski definition) is 0. The average molecular weight is 357 g/mol. The number of nitro benzene ring substituents is 2. The molecule has 0 saturated heterocycles. The largest absolute Gasteiger partial charge is 0.377 e. The zero-order chi connectivity index (χ0) is 19.6. The van der Waals surface area contributed by atoms with Crippen LogP contribution in [0.4, 0.5) is 28.4 Å². The van der Waals surface area contributed by atoms with Crippen LogP contribution in [0, 0.1) is 41.0 Å². The summed E-state index contributed by atoms with van der Waals surface area (Å²) >= 11 is 0. The van der Waals surface area contributed by atoms with Crippen molar-refractivity contribution in [3.05, 3.63) is 61.2 Å². The fourth-order valence-corrected chi connectivity index (χ4v) is 2.60. The lowest BCUT2D eigenvalue weighted by molar-refractivity contribution is -0.393. The Balaban J connectivity index is 2.53. The molecule has 0 N–H and O–H groups in total. The molecule has 0 spiro atoms. The minimum atomic E-state index is -0.693. The van der Waals surface area contributed by atoms with Gasteiger partial charge in [-0.1, -0.05) is 0 Å². The summed E-state index contributed by atoms with van der Waals surface area (Å²) in [6, 6.07) is 5.95. The highest BCUT2D eigenvalue weighted by atomic mass is 16.6. The minimum absolute atomic E-state index is 0.00865. The molecule has 2 aromatic carbocycles. The molecule has 0 saturated carbocycles. The molecule has 26 heavy (non-hydrogen) atoms. The maximum Gasteiger partial charge on any atom is 0.303 e. The van der Waals surface area contributed by atoms with E-state index in [1.807, 2.05) is 45.0 Å². The van der Waals surface area contributed by atoms with Crippen LogP contribution in [0.3, 0.4) is 0 Å². The molecule has 0 radical (unpaired) electrons. The van der Waals surface area contributed by atoms with E-state index < -0.39 is 15.5 Å². The smallest absolute Gasteiger partial charge is 0.303 e. The van der Waals surface area contributed by atoms with Gasteiger partial charge in [0, 0.05) is 25.8 Å². The number of anilines is 1. The molecule has 0 unspecified atom stereocenters. The predicted molar refractivity (Wildman–Crippen MR) is 98.9 cm³/mol. The normalized spacial score (nSPS) is 11.0. The van der Waals surface area contributed by atoms with E-state index >= 15 is 0 Å². The van der Waals surface area contributed by atoms with E-state index in [0.717, 1.165) is 22.9 Å². The van der Waals surface area contributed by atoms with E-state index in [2.05, 4.69) is 10.2 Å². The van der Waals surface area contributed by atoms with Gasteiger partial charge in [0.2, 0.25) is 0 Å². The van der Waals surface area contributed by atoms with Crippen LogP contribution in [-0.4, -0.2) is 23.9 Å². The van der Waals surface area contributed by atoms with Gasteiger partial charge < -0.3 is 4.90 Å². The Kier molecular flexibility index (Phi) is 5.30. The molecular formula is C17H19N5O4. The van der Waals surface area contributed by atoms with Crippen molar-refractivity contribution in [2.45, 2.75) is 20.8 Å². The van der Waals surface area contributed by atoms with Crippen LogP contribution >= 0.6 is 0 Å². The summed E-state index contributed by atoms with van der Waals surface area (Å²) < 4.78 is 0. The molecular weight excluding hydrogens is 338 g/mol. The molecule has 0 fully saturated rings. The van der Waals surface area contributed by atoms with E-state index in [1.54, 1.807) is 0 Å². The summed E-state index contributed by atoms with van der Waals surface area (Å²) in [7, 11) is 3.87. The summed E-state index contributed by atoms with van der Waals surface area (Å²) in [5.74, 6) is 0. The Hall–Kier alpha value is -3.36. The fourth-order valence-electron chi connectivity index (χ4n) is 2.60. The lowest BCUT2D eigenvalue weighted by Crippen LogP contribution is -2.10. The molecule has 0 aromatic heterocycles. The second-order valence-corrected chi connectivity index (χ2v) is 6.16. The van der Waals surface area contributed by atoms with E-state index in [4.69, 9.17) is 0 Å². The monoisotopic (exact) mass is 357 g/mol. The molecule has 0 aliphatic heterocycles. The van der Waals surface area contributed by atoms with E-state index in [1.165, 1.54) is 13.0 Å². The SMILES string of the molecule is Cc1cc(N(C)C)c(C)cc1N=Nc1c(C)cc([N+](=O)[O-])cc1[N+](=O)[O-]. The number of benzene rings is 2. The molecule has 136 valence electrons. The van der Waals surface area contributed by atoms with Crippen molar-refractivity contribution in [1.82, 2.24) is 0 Å². The van der Waals surface area contributed by atoms with Gasteiger partial charge in [-0.3, -0.25) is 20.2 Å². The zero-order valence-corrected chi connectivity index (χ0v) is 15.2. The fraction of sp³-hybridized carbons (Fsp3) is 0.294. The lowest BCUT2D eigenvalue weighted by atomic mass is 10.1. The van der Waals surface area contributed by atoms with Gasteiger partial charge >= 0.3 is 5.69 Å². The molecule has 9 heteroatoms. The van der Waals surface area contributed by atoms with E-state index in [-0.39, 0.29) is 11.4 Å². The standard InChI is InChI=1S/C17H19N5O4/c1-10-8-15(20(4)5)11(2)7-14(10)18-19-17-12(3)6-13(21(23)24)9-16(17)22(25)26/h6-9H,1-5H3. The van der Waals surface area contributed by atoms with Crippen LogP contribution < -0.4 is 4.90 Å². The first-order chi connectivity index (χ1) is 12.1. The van der Waals surface area contributed by atoms with Crippen LogP contribution in [0.5, 0.6) is 0 Å². The molecule has 0 bridgehead atoms. The summed E-state index contributed by atoms with van der Waals surface area (Å²) in [5, 5.41) is 30.4. The number of nitro groups is 2. The number of azo groups is 1. The van der Waals surface area contributed by atoms with Crippen molar-refractivity contribution in [1.29, 1.82) is 0 Å². The molecule has 2 aromatic rings. The highest BCUT2D eigenvalue weighted by molar-refractivity contribution is 5.67. The van der Waals surface area contributed by atoms with E-state index in [9.17, 15) is 20.2 Å². The molecule has 0 aliphatic carbocycles. The van der Waals surface area contributed by atoms with Crippen LogP contribution in [-0.2, 0) is 0 Å². The van der Waals surface area contributed by atoms with Gasteiger partial charge in [-0.25, -0.2) is 0 Å². The molecule has 0 amide bonds. The maximum atomic E-state index is 11.3. The quantitative estimate of drug-likeness (QED) is 0.428. The molecule has 9 nitrogen and oxygen atoms in total. The van der Waals surface area contributed by atoms with Gasteiger partial charge in [0.1, 0.15) is 0 Å². The Morgan fingerprint density at radius 3 is 2.04 bits per heavy atom. The van der Waals surface area contributed by atoms with Crippen molar-refractivity contribution in [3.8, 4) is 0 Å². The molecule has 0 heterocycles. The van der Waals surface area contributed by atoms with Crippen LogP contribution in [0.1, 0.15) is 16.7 Å². The summed E-state index contributed by atoms with van der Waals surface area (Å²) in [5.41, 5.74) is 3.01. The third-order valence-electron chi connectivity index (χ3n) is 3.93. The Bertz CT molecular complexity index is 922. The lowest BCUT2D eigenvalue weighted by Gasteiger charge is -2.17. The van der Waals surface area contributed by atoms with Crippen molar-refractivity contribution >= 4 is 28.4 Å². The van der Waals surface area contributed by atoms with Crippen molar-refractivity contribution in [3.63, 3.8) is 0 Å². The number of rotatable bonds is 5. The molecule has 0 aliphatic rings. The first-order valence-electron chi connectivity index (χ1n) is 7.75. The van der Waals surface area contributed by atoms with Crippen molar-refractivity contribution in [2.24, 2.45) is 10.2 Å². The Labute approximate surface area is 150 Å². The van der Waals surface area contributed by atoms with Gasteiger partial charge in [0.15, 0.2) is 5.69 Å². The van der Waals surface area contributed by atoms with Crippen LogP contribution in [0.2, 0.25) is 0 Å². The number of aryl methyl sites for hydroxylation is 3. The van der Waals surface area contributed by atoms with Gasteiger partial charge in [-0.05, 0) is 49.6 Å². The first kappa shape index (κ1) is 19.0. The van der Waals surface area contributed by atoms with Crippen molar-refractivity contribution in [2.75, 3.05) is 19.0 Å². The Morgan fingerprint density at radius 2 is 1.50 bits per heavy atom. The topological polar surface area (TPSA) is 114 Å². The molecule has 2 rings (SSSR count). The first-order valence-corrected chi connectivity index (χ1v) is 7.75. The van der Waals surface area contributed by atoms with E-state index in [0.29, 0.717) is 11.3 Å². The second-order valence-electron chi connectivity index (χ2n) is 6.16. The summed E-state index contributed by atoms with van der Waals surface area (Å²) in [4.78, 5) is 22.8. The molecule has 0 atom stereocenters. The number of non-ortho nitro benzene ring substituents is 1. The zero-order valence-electron chi connectivity index (χ0n) is 15.2. The van der Waals surface area contributed by atoms with Crippen LogP contribution in [0.25, 0.3) is 0 Å². The minimum Gasteiger partial charge on any atom is -0.377 e. The average Bonchev–Trinajstić information content (AvgIpc) is 2.54. The highest BCUT2D eigenvalue weighted by Gasteiger charge is 2.22. The Morgan fingerprint density at radius 1 is 0.846 bits per heavy atom. The number of nitrogens with zero attached hydrogens (tertiary/aromatic N) is 5. The summed E-state index contributed by atoms with van der Waals surface area (Å²) in [6.45, 7) is 5.34. The van der Waals surface area contributed by atoms with Gasteiger partial charge in [0.05, 0.1) is 21.6 Å². The van der Waals surface area contributed by atoms with Gasteiger partial charge in [-0.2, -0.15) is 5.11 Å². The van der Waals surface area contributed by atoms with Gasteiger partial charge in [-0.15, -0.1) is 5.11 Å². The third kappa shape index (κ3) is 3.82. The number of hydrogen-bond acceptors (Lipinski definition) is 7. The highest BCUT2D eigenvalue weighted by Crippen LogP contribution is 2.37.